The molecule has 1 fully saturated rings. The van der Waals surface area contributed by atoms with Crippen LogP contribution in [0.15, 0.2) is 29.2 Å². The smallest absolute Gasteiger partial charge is 0.306 e. The molecule has 0 N–H and O–H groups in total. The molecule has 0 radical (unpaired) electrons. The summed E-state index contributed by atoms with van der Waals surface area (Å²) in [6.07, 6.45) is 0.956. The quantitative estimate of drug-likeness (QED) is 0.608. The molecule has 0 unspecified atom stereocenters. The van der Waals surface area contributed by atoms with Gasteiger partial charge in [-0.05, 0) is 12.1 Å². The van der Waals surface area contributed by atoms with Gasteiger partial charge in [0.15, 0.2) is 0 Å². The zero-order valence-electron chi connectivity index (χ0n) is 9.93. The van der Waals surface area contributed by atoms with Crippen LogP contribution in [-0.4, -0.2) is 31.0 Å². The number of ether oxygens (including phenoxy) is 2. The lowest BCUT2D eigenvalue weighted by Gasteiger charge is -2.09. The van der Waals surface area contributed by atoms with Gasteiger partial charge in [-0.25, -0.2) is 4.39 Å². The highest BCUT2D eigenvalue weighted by atomic mass is 32.2. The van der Waals surface area contributed by atoms with E-state index in [4.69, 9.17) is 9.47 Å². The van der Waals surface area contributed by atoms with Gasteiger partial charge >= 0.3 is 5.97 Å². The van der Waals surface area contributed by atoms with E-state index in [0.717, 1.165) is 6.42 Å². The molecule has 1 heterocycles. The molecule has 5 heteroatoms. The zero-order chi connectivity index (χ0) is 12.8. The molecule has 1 aliphatic heterocycles. The SMILES string of the molecule is O=C(CCSc1ccccc1F)O[C@H]1CCOC1. The molecule has 1 aliphatic rings. The summed E-state index contributed by atoms with van der Waals surface area (Å²) in [5, 5.41) is 0. The summed E-state index contributed by atoms with van der Waals surface area (Å²) in [7, 11) is 0. The monoisotopic (exact) mass is 270 g/mol. The number of carbonyl (C=O) groups is 1. The lowest BCUT2D eigenvalue weighted by atomic mass is 10.3. The first kappa shape index (κ1) is 13.4. The molecule has 2 rings (SSSR count). The molecule has 0 amide bonds. The van der Waals surface area contributed by atoms with Gasteiger partial charge in [-0.3, -0.25) is 4.79 Å². The average molecular weight is 270 g/mol. The molecule has 3 nitrogen and oxygen atoms in total. The third kappa shape index (κ3) is 3.99. The maximum atomic E-state index is 13.3. The maximum absolute atomic E-state index is 13.3. The summed E-state index contributed by atoms with van der Waals surface area (Å²) in [4.78, 5) is 12.1. The molecule has 1 atom stereocenters. The van der Waals surface area contributed by atoms with Crippen LogP contribution in [0.4, 0.5) is 4.39 Å². The second-order valence-electron chi connectivity index (χ2n) is 4.00. The van der Waals surface area contributed by atoms with Crippen molar-refractivity contribution in [1.82, 2.24) is 0 Å². The van der Waals surface area contributed by atoms with Gasteiger partial charge in [0.05, 0.1) is 19.6 Å². The van der Waals surface area contributed by atoms with Crippen LogP contribution >= 0.6 is 11.8 Å². The Morgan fingerprint density at radius 1 is 1.50 bits per heavy atom. The van der Waals surface area contributed by atoms with Crippen LogP contribution in [-0.2, 0) is 14.3 Å². The van der Waals surface area contributed by atoms with E-state index in [0.29, 0.717) is 23.9 Å². The Hall–Kier alpha value is -1.07. The molecule has 0 saturated carbocycles. The Morgan fingerprint density at radius 2 is 2.33 bits per heavy atom. The lowest BCUT2D eigenvalue weighted by Crippen LogP contribution is -2.18. The van der Waals surface area contributed by atoms with Crippen LogP contribution in [0, 0.1) is 5.82 Å². The van der Waals surface area contributed by atoms with Crippen molar-refractivity contribution in [2.45, 2.75) is 23.8 Å². The first-order valence-corrected chi connectivity index (χ1v) is 6.89. The number of hydrogen-bond acceptors (Lipinski definition) is 4. The molecule has 0 bridgehead atoms. The van der Waals surface area contributed by atoms with Crippen molar-refractivity contribution in [3.8, 4) is 0 Å². The Kier molecular flexibility index (Phi) is 5.01. The number of hydrogen-bond donors (Lipinski definition) is 0. The predicted molar refractivity (Wildman–Crippen MR) is 67.1 cm³/mol. The first-order chi connectivity index (χ1) is 8.75. The highest BCUT2D eigenvalue weighted by Gasteiger charge is 2.19. The van der Waals surface area contributed by atoms with E-state index >= 15 is 0 Å². The fourth-order valence-electron chi connectivity index (χ4n) is 1.66. The molecule has 0 spiro atoms. The largest absolute Gasteiger partial charge is 0.460 e. The fraction of sp³-hybridized carbons (Fsp3) is 0.462. The third-order valence-corrected chi connectivity index (χ3v) is 3.64. The zero-order valence-corrected chi connectivity index (χ0v) is 10.7. The number of halogens is 1. The number of carbonyl (C=O) groups excluding carboxylic acids is 1. The normalized spacial score (nSPS) is 18.8. The standard InChI is InChI=1S/C13H15FO3S/c14-11-3-1-2-4-12(11)18-8-6-13(15)17-10-5-7-16-9-10/h1-4,10H,5-9H2/t10-/m0/s1. The van der Waals surface area contributed by atoms with Crippen molar-refractivity contribution in [3.05, 3.63) is 30.1 Å². The average Bonchev–Trinajstić information content (AvgIpc) is 2.84. The second kappa shape index (κ2) is 6.75. The van der Waals surface area contributed by atoms with Gasteiger partial charge < -0.3 is 9.47 Å². The maximum Gasteiger partial charge on any atom is 0.306 e. The van der Waals surface area contributed by atoms with E-state index in [2.05, 4.69) is 0 Å². The van der Waals surface area contributed by atoms with Gasteiger partial charge in [0.1, 0.15) is 11.9 Å². The Bertz CT molecular complexity index is 405. The minimum Gasteiger partial charge on any atom is -0.460 e. The first-order valence-electron chi connectivity index (χ1n) is 5.90. The van der Waals surface area contributed by atoms with Gasteiger partial charge in [-0.1, -0.05) is 12.1 Å². The van der Waals surface area contributed by atoms with Crippen molar-refractivity contribution in [2.24, 2.45) is 0 Å². The molecule has 1 saturated heterocycles. The van der Waals surface area contributed by atoms with Crippen LogP contribution in [0.5, 0.6) is 0 Å². The molecular formula is C13H15FO3S. The topological polar surface area (TPSA) is 35.5 Å². The van der Waals surface area contributed by atoms with Crippen LogP contribution in [0.3, 0.4) is 0 Å². The number of thioether (sulfide) groups is 1. The van der Waals surface area contributed by atoms with Gasteiger partial charge in [0.2, 0.25) is 0 Å². The Labute approximate surface area is 110 Å². The molecule has 18 heavy (non-hydrogen) atoms. The lowest BCUT2D eigenvalue weighted by molar-refractivity contribution is -0.148. The van der Waals surface area contributed by atoms with Crippen molar-refractivity contribution in [1.29, 1.82) is 0 Å². The summed E-state index contributed by atoms with van der Waals surface area (Å²) >= 11 is 1.33. The number of benzene rings is 1. The summed E-state index contributed by atoms with van der Waals surface area (Å²) in [5.74, 6) is 0.0299. The molecule has 0 aliphatic carbocycles. The van der Waals surface area contributed by atoms with Crippen molar-refractivity contribution in [2.75, 3.05) is 19.0 Å². The fourth-order valence-corrected chi connectivity index (χ4v) is 2.53. The highest BCUT2D eigenvalue weighted by Crippen LogP contribution is 2.22. The van der Waals surface area contributed by atoms with Crippen molar-refractivity contribution in [3.63, 3.8) is 0 Å². The van der Waals surface area contributed by atoms with Gasteiger partial charge in [-0.2, -0.15) is 0 Å². The molecule has 0 aromatic heterocycles. The molecule has 1 aromatic rings. The van der Waals surface area contributed by atoms with E-state index in [1.54, 1.807) is 18.2 Å². The minimum absolute atomic E-state index is 0.101. The molecular weight excluding hydrogens is 255 g/mol. The molecule has 98 valence electrons. The third-order valence-electron chi connectivity index (χ3n) is 2.59. The van der Waals surface area contributed by atoms with Crippen LogP contribution in [0.25, 0.3) is 0 Å². The van der Waals surface area contributed by atoms with E-state index in [1.807, 2.05) is 0 Å². The van der Waals surface area contributed by atoms with Crippen molar-refractivity contribution < 1.29 is 18.7 Å². The second-order valence-corrected chi connectivity index (χ2v) is 5.14. The Morgan fingerprint density at radius 3 is 3.06 bits per heavy atom. The summed E-state index contributed by atoms with van der Waals surface area (Å²) in [6, 6.07) is 6.54. The summed E-state index contributed by atoms with van der Waals surface area (Å²) in [6.45, 7) is 1.15. The number of esters is 1. The van der Waals surface area contributed by atoms with Crippen molar-refractivity contribution >= 4 is 17.7 Å². The van der Waals surface area contributed by atoms with Crippen LogP contribution in [0.1, 0.15) is 12.8 Å². The van der Waals surface area contributed by atoms with Gasteiger partial charge in [-0.15, -0.1) is 11.8 Å². The Balaban J connectivity index is 1.68. The summed E-state index contributed by atoms with van der Waals surface area (Å²) < 4.78 is 23.6. The van der Waals surface area contributed by atoms with E-state index in [1.165, 1.54) is 17.8 Å². The van der Waals surface area contributed by atoms with Gasteiger partial charge in [0.25, 0.3) is 0 Å². The van der Waals surface area contributed by atoms with Crippen LogP contribution < -0.4 is 0 Å². The minimum atomic E-state index is -0.250. The summed E-state index contributed by atoms with van der Waals surface area (Å²) in [5.41, 5.74) is 0. The van der Waals surface area contributed by atoms with Gasteiger partial charge in [0, 0.05) is 17.1 Å². The van der Waals surface area contributed by atoms with Crippen LogP contribution in [0.2, 0.25) is 0 Å². The van der Waals surface area contributed by atoms with E-state index in [-0.39, 0.29) is 24.3 Å². The highest BCUT2D eigenvalue weighted by molar-refractivity contribution is 7.99. The van der Waals surface area contributed by atoms with E-state index < -0.39 is 0 Å². The van der Waals surface area contributed by atoms with E-state index in [9.17, 15) is 9.18 Å². The number of rotatable bonds is 5. The molecule has 1 aromatic carbocycles. The predicted octanol–water partition coefficient (Wildman–Crippen LogP) is 2.64.